The van der Waals surface area contributed by atoms with Crippen LogP contribution in [-0.4, -0.2) is 24.0 Å². The third-order valence-corrected chi connectivity index (χ3v) is 4.08. The summed E-state index contributed by atoms with van der Waals surface area (Å²) in [5, 5.41) is 0. The minimum atomic E-state index is 0.343. The van der Waals surface area contributed by atoms with Crippen molar-refractivity contribution in [2.24, 2.45) is 11.7 Å². The summed E-state index contributed by atoms with van der Waals surface area (Å²) in [5.41, 5.74) is 10.3. The van der Waals surface area contributed by atoms with E-state index >= 15 is 0 Å². The summed E-state index contributed by atoms with van der Waals surface area (Å²) in [6, 6.07) is 7.11. The fourth-order valence-corrected chi connectivity index (χ4v) is 2.47. The monoisotopic (exact) mass is 232 g/mol. The molecule has 2 N–H and O–H groups in total. The first kappa shape index (κ1) is 12.6. The first-order valence-electron chi connectivity index (χ1n) is 6.60. The second kappa shape index (κ2) is 5.19. The Morgan fingerprint density at radius 2 is 2.06 bits per heavy atom. The van der Waals surface area contributed by atoms with Gasteiger partial charge in [-0.2, -0.15) is 0 Å². The van der Waals surface area contributed by atoms with Crippen molar-refractivity contribution < 1.29 is 0 Å². The zero-order chi connectivity index (χ0) is 12.4. The number of piperidine rings is 1. The molecule has 0 radical (unpaired) electrons. The van der Waals surface area contributed by atoms with Gasteiger partial charge in [0, 0.05) is 19.1 Å². The van der Waals surface area contributed by atoms with Crippen LogP contribution in [0.25, 0.3) is 0 Å². The minimum Gasteiger partial charge on any atom is -0.326 e. The first-order valence-corrected chi connectivity index (χ1v) is 6.60. The topological polar surface area (TPSA) is 29.3 Å². The lowest BCUT2D eigenvalue weighted by Crippen LogP contribution is -2.47. The summed E-state index contributed by atoms with van der Waals surface area (Å²) >= 11 is 0. The molecular formula is C15H24N2. The zero-order valence-electron chi connectivity index (χ0n) is 11.2. The molecule has 2 unspecified atom stereocenters. The standard InChI is InChI=1S/C15H24N2/c1-11-4-5-14(8-13(11)3)9-17-7-6-12(2)15(16)10-17/h4-5,8,12,15H,6-7,9-10,16H2,1-3H3. The first-order chi connectivity index (χ1) is 8.06. The largest absolute Gasteiger partial charge is 0.326 e. The zero-order valence-corrected chi connectivity index (χ0v) is 11.2. The normalized spacial score (nSPS) is 26.1. The summed E-state index contributed by atoms with van der Waals surface area (Å²) in [7, 11) is 0. The van der Waals surface area contributed by atoms with Crippen LogP contribution in [0, 0.1) is 19.8 Å². The van der Waals surface area contributed by atoms with E-state index in [9.17, 15) is 0 Å². The molecule has 1 aliphatic heterocycles. The van der Waals surface area contributed by atoms with Gasteiger partial charge in [-0.05, 0) is 49.4 Å². The van der Waals surface area contributed by atoms with Crippen LogP contribution in [0.1, 0.15) is 30.0 Å². The molecule has 2 nitrogen and oxygen atoms in total. The van der Waals surface area contributed by atoms with Crippen molar-refractivity contribution in [3.63, 3.8) is 0 Å². The van der Waals surface area contributed by atoms with E-state index in [1.54, 1.807) is 0 Å². The van der Waals surface area contributed by atoms with Crippen molar-refractivity contribution >= 4 is 0 Å². The molecule has 1 aromatic rings. The van der Waals surface area contributed by atoms with E-state index < -0.39 is 0 Å². The van der Waals surface area contributed by atoms with Crippen LogP contribution in [0.3, 0.4) is 0 Å². The highest BCUT2D eigenvalue weighted by molar-refractivity contribution is 5.29. The minimum absolute atomic E-state index is 0.343. The lowest BCUT2D eigenvalue weighted by atomic mass is 9.94. The summed E-state index contributed by atoms with van der Waals surface area (Å²) in [6.07, 6.45) is 1.23. The predicted molar refractivity (Wildman–Crippen MR) is 72.9 cm³/mol. The lowest BCUT2D eigenvalue weighted by Gasteiger charge is -2.35. The van der Waals surface area contributed by atoms with Crippen molar-refractivity contribution in [3.05, 3.63) is 34.9 Å². The number of nitrogens with two attached hydrogens (primary N) is 1. The second-order valence-electron chi connectivity index (χ2n) is 5.58. The average molecular weight is 232 g/mol. The molecule has 0 amide bonds. The molecule has 2 heteroatoms. The van der Waals surface area contributed by atoms with Gasteiger partial charge < -0.3 is 5.73 Å². The molecular weight excluding hydrogens is 208 g/mol. The van der Waals surface area contributed by atoms with Crippen LogP contribution >= 0.6 is 0 Å². The van der Waals surface area contributed by atoms with E-state index in [1.165, 1.54) is 29.7 Å². The molecule has 1 aromatic carbocycles. The predicted octanol–water partition coefficient (Wildman–Crippen LogP) is 2.47. The Morgan fingerprint density at radius 1 is 1.29 bits per heavy atom. The molecule has 2 rings (SSSR count). The fourth-order valence-electron chi connectivity index (χ4n) is 2.47. The quantitative estimate of drug-likeness (QED) is 0.849. The lowest BCUT2D eigenvalue weighted by molar-refractivity contribution is 0.162. The molecule has 94 valence electrons. The third-order valence-electron chi connectivity index (χ3n) is 4.08. The van der Waals surface area contributed by atoms with Gasteiger partial charge in [0.2, 0.25) is 0 Å². The highest BCUT2D eigenvalue weighted by atomic mass is 15.1. The maximum absolute atomic E-state index is 6.13. The van der Waals surface area contributed by atoms with E-state index in [0.717, 1.165) is 13.1 Å². The summed E-state index contributed by atoms with van der Waals surface area (Å²) in [6.45, 7) is 9.87. The highest BCUT2D eigenvalue weighted by Gasteiger charge is 2.22. The number of aryl methyl sites for hydroxylation is 2. The maximum Gasteiger partial charge on any atom is 0.0234 e. The molecule has 0 aliphatic carbocycles. The van der Waals surface area contributed by atoms with Gasteiger partial charge in [0.1, 0.15) is 0 Å². The Labute approximate surface area is 105 Å². The van der Waals surface area contributed by atoms with Gasteiger partial charge in [0.05, 0.1) is 0 Å². The van der Waals surface area contributed by atoms with E-state index in [2.05, 4.69) is 43.9 Å². The van der Waals surface area contributed by atoms with Gasteiger partial charge in [-0.15, -0.1) is 0 Å². The van der Waals surface area contributed by atoms with Crippen molar-refractivity contribution in [3.8, 4) is 0 Å². The van der Waals surface area contributed by atoms with Crippen LogP contribution in [0.4, 0.5) is 0 Å². The van der Waals surface area contributed by atoms with Gasteiger partial charge in [-0.3, -0.25) is 4.90 Å². The SMILES string of the molecule is Cc1ccc(CN2CCC(C)C(N)C2)cc1C. The Bertz CT molecular complexity index is 387. The molecule has 0 spiro atoms. The van der Waals surface area contributed by atoms with Crippen LogP contribution < -0.4 is 5.73 Å². The van der Waals surface area contributed by atoms with Gasteiger partial charge in [-0.1, -0.05) is 25.1 Å². The van der Waals surface area contributed by atoms with E-state index in [4.69, 9.17) is 5.73 Å². The number of benzene rings is 1. The molecule has 1 fully saturated rings. The van der Waals surface area contributed by atoms with E-state index in [0.29, 0.717) is 12.0 Å². The third kappa shape index (κ3) is 3.08. The molecule has 2 atom stereocenters. The molecule has 0 aromatic heterocycles. The van der Waals surface area contributed by atoms with Crippen LogP contribution in [0.2, 0.25) is 0 Å². The highest BCUT2D eigenvalue weighted by Crippen LogP contribution is 2.18. The van der Waals surface area contributed by atoms with Crippen molar-refractivity contribution in [1.29, 1.82) is 0 Å². The average Bonchev–Trinajstić information content (AvgIpc) is 2.29. The van der Waals surface area contributed by atoms with Crippen molar-refractivity contribution in [2.45, 2.75) is 39.8 Å². The second-order valence-corrected chi connectivity index (χ2v) is 5.58. The van der Waals surface area contributed by atoms with Crippen LogP contribution in [0.5, 0.6) is 0 Å². The van der Waals surface area contributed by atoms with Crippen LogP contribution in [-0.2, 0) is 6.54 Å². The summed E-state index contributed by atoms with van der Waals surface area (Å²) < 4.78 is 0. The smallest absolute Gasteiger partial charge is 0.0234 e. The van der Waals surface area contributed by atoms with E-state index in [-0.39, 0.29) is 0 Å². The molecule has 1 saturated heterocycles. The number of nitrogens with zero attached hydrogens (tertiary/aromatic N) is 1. The maximum atomic E-state index is 6.13. The van der Waals surface area contributed by atoms with Gasteiger partial charge in [0.15, 0.2) is 0 Å². The molecule has 17 heavy (non-hydrogen) atoms. The number of likely N-dealkylation sites (tertiary alicyclic amines) is 1. The number of hydrogen-bond acceptors (Lipinski definition) is 2. The molecule has 0 bridgehead atoms. The Kier molecular flexibility index (Phi) is 3.85. The molecule has 1 heterocycles. The van der Waals surface area contributed by atoms with Gasteiger partial charge in [0.25, 0.3) is 0 Å². The molecule has 1 aliphatic rings. The van der Waals surface area contributed by atoms with Gasteiger partial charge in [-0.25, -0.2) is 0 Å². The number of hydrogen-bond donors (Lipinski definition) is 1. The Hall–Kier alpha value is -0.860. The summed E-state index contributed by atoms with van der Waals surface area (Å²) in [4.78, 5) is 2.48. The Morgan fingerprint density at radius 3 is 2.71 bits per heavy atom. The van der Waals surface area contributed by atoms with Gasteiger partial charge >= 0.3 is 0 Å². The number of rotatable bonds is 2. The van der Waals surface area contributed by atoms with Crippen LogP contribution in [0.15, 0.2) is 18.2 Å². The van der Waals surface area contributed by atoms with E-state index in [1.807, 2.05) is 0 Å². The summed E-state index contributed by atoms with van der Waals surface area (Å²) in [5.74, 6) is 0.672. The van der Waals surface area contributed by atoms with Crippen molar-refractivity contribution in [2.75, 3.05) is 13.1 Å². The molecule has 0 saturated carbocycles. The van der Waals surface area contributed by atoms with Crippen molar-refractivity contribution in [1.82, 2.24) is 4.90 Å². The Balaban J connectivity index is 1.99. The fraction of sp³-hybridized carbons (Fsp3) is 0.600.